The van der Waals surface area contributed by atoms with Crippen LogP contribution in [0.1, 0.15) is 6.92 Å². The van der Waals surface area contributed by atoms with Crippen LogP contribution in [-0.4, -0.2) is 62.6 Å². The first-order valence-corrected chi connectivity index (χ1v) is 6.80. The third-order valence-corrected chi connectivity index (χ3v) is 4.00. The molecule has 0 spiro atoms. The molecule has 8 heteroatoms. The van der Waals surface area contributed by atoms with E-state index in [9.17, 15) is 10.2 Å². The first-order chi connectivity index (χ1) is 9.51. The van der Waals surface area contributed by atoms with Gasteiger partial charge in [0.15, 0.2) is 11.3 Å². The smallest absolute Gasteiger partial charge is 0.177 e. The van der Waals surface area contributed by atoms with E-state index < -0.39 is 24.5 Å². The maximum Gasteiger partial charge on any atom is 0.177 e. The topological polar surface area (TPSA) is 97.2 Å². The summed E-state index contributed by atoms with van der Waals surface area (Å²) in [7, 11) is 0. The summed E-state index contributed by atoms with van der Waals surface area (Å²) >= 11 is 5.26. The van der Waals surface area contributed by atoms with Crippen LogP contribution >= 0.6 is 12.2 Å². The van der Waals surface area contributed by atoms with Crippen molar-refractivity contribution in [2.45, 2.75) is 37.6 Å². The molecule has 5 N–H and O–H groups in total. The summed E-state index contributed by atoms with van der Waals surface area (Å²) in [6, 6.07) is 0. The average molecular weight is 299 g/mol. The second kappa shape index (κ2) is 4.97. The number of rotatable bonds is 2. The van der Waals surface area contributed by atoms with Gasteiger partial charge in [-0.3, -0.25) is 4.90 Å². The lowest BCUT2D eigenvalue weighted by Crippen LogP contribution is -2.56. The molecule has 5 atom stereocenters. The fourth-order valence-corrected chi connectivity index (χ4v) is 2.91. The number of allylic oxidation sites excluding steroid dienone is 1. The quantitative estimate of drug-likeness (QED) is 0.386. The number of hydrogen-bond donors (Lipinski definition) is 5. The van der Waals surface area contributed by atoms with E-state index in [-0.39, 0.29) is 12.8 Å². The van der Waals surface area contributed by atoms with Crippen molar-refractivity contribution in [1.82, 2.24) is 15.5 Å². The third kappa shape index (κ3) is 2.09. The Labute approximate surface area is 121 Å². The van der Waals surface area contributed by atoms with Gasteiger partial charge in [-0.15, -0.1) is 0 Å². The van der Waals surface area contributed by atoms with Gasteiger partial charge in [0.05, 0.1) is 6.61 Å². The van der Waals surface area contributed by atoms with Gasteiger partial charge in [-0.1, -0.05) is 0 Å². The van der Waals surface area contributed by atoms with Crippen LogP contribution in [-0.2, 0) is 4.74 Å². The summed E-state index contributed by atoms with van der Waals surface area (Å²) in [6.45, 7) is 1.59. The molecule has 1 saturated heterocycles. The van der Waals surface area contributed by atoms with Gasteiger partial charge in [0.25, 0.3) is 0 Å². The van der Waals surface area contributed by atoms with Gasteiger partial charge < -0.3 is 30.7 Å². The predicted octanol–water partition coefficient (Wildman–Crippen LogP) is -1.67. The molecule has 0 aromatic carbocycles. The zero-order valence-corrected chi connectivity index (χ0v) is 11.7. The summed E-state index contributed by atoms with van der Waals surface area (Å²) in [6.07, 6.45) is -0.225. The van der Waals surface area contributed by atoms with Gasteiger partial charge >= 0.3 is 0 Å². The SMILES string of the molecule is CC1=CC2=CN(C3OC(CO)C(O)C3O)C(=S)NC2N1. The Bertz CT molecular complexity index is 495. The first-order valence-electron chi connectivity index (χ1n) is 6.39. The lowest BCUT2D eigenvalue weighted by atomic mass is 10.1. The zero-order valence-electron chi connectivity index (χ0n) is 10.9. The van der Waals surface area contributed by atoms with Gasteiger partial charge in [-0.05, 0) is 25.2 Å². The van der Waals surface area contributed by atoms with Crippen molar-refractivity contribution >= 4 is 17.3 Å². The second-order valence-corrected chi connectivity index (χ2v) is 5.51. The normalized spacial score (nSPS) is 39.9. The molecule has 3 rings (SSSR count). The van der Waals surface area contributed by atoms with Crippen LogP contribution in [0.25, 0.3) is 0 Å². The van der Waals surface area contributed by atoms with Gasteiger partial charge in [-0.25, -0.2) is 0 Å². The highest BCUT2D eigenvalue weighted by molar-refractivity contribution is 7.80. The van der Waals surface area contributed by atoms with Crippen molar-refractivity contribution in [2.75, 3.05) is 6.61 Å². The minimum absolute atomic E-state index is 0.0733. The summed E-state index contributed by atoms with van der Waals surface area (Å²) < 4.78 is 5.48. The lowest BCUT2D eigenvalue weighted by molar-refractivity contribution is -0.0596. The number of thiocarbonyl (C=S) groups is 1. The van der Waals surface area contributed by atoms with E-state index in [1.807, 2.05) is 13.0 Å². The monoisotopic (exact) mass is 299 g/mol. The van der Waals surface area contributed by atoms with Crippen molar-refractivity contribution in [3.63, 3.8) is 0 Å². The molecule has 0 aromatic heterocycles. The molecular formula is C12H17N3O4S. The molecule has 3 aliphatic heterocycles. The molecule has 0 aliphatic carbocycles. The molecule has 1 fully saturated rings. The van der Waals surface area contributed by atoms with E-state index in [2.05, 4.69) is 10.6 Å². The highest BCUT2D eigenvalue weighted by Crippen LogP contribution is 2.28. The molecule has 110 valence electrons. The van der Waals surface area contributed by atoms with Crippen molar-refractivity contribution < 1.29 is 20.1 Å². The Morgan fingerprint density at radius 3 is 2.75 bits per heavy atom. The van der Waals surface area contributed by atoms with Crippen molar-refractivity contribution in [3.05, 3.63) is 23.5 Å². The predicted molar refractivity (Wildman–Crippen MR) is 74.1 cm³/mol. The molecule has 5 unspecified atom stereocenters. The van der Waals surface area contributed by atoms with E-state index in [0.717, 1.165) is 11.3 Å². The number of aliphatic hydroxyl groups excluding tert-OH is 3. The molecular weight excluding hydrogens is 282 g/mol. The van der Waals surface area contributed by atoms with Crippen molar-refractivity contribution in [1.29, 1.82) is 0 Å². The number of nitrogens with one attached hydrogen (secondary N) is 2. The highest BCUT2D eigenvalue weighted by atomic mass is 32.1. The number of ether oxygens (including phenoxy) is 1. The molecule has 0 aromatic rings. The Kier molecular flexibility index (Phi) is 3.43. The van der Waals surface area contributed by atoms with E-state index >= 15 is 0 Å². The largest absolute Gasteiger partial charge is 0.394 e. The fraction of sp³-hybridized carbons (Fsp3) is 0.583. The van der Waals surface area contributed by atoms with Crippen LogP contribution in [0.15, 0.2) is 23.5 Å². The molecule has 20 heavy (non-hydrogen) atoms. The lowest BCUT2D eigenvalue weighted by Gasteiger charge is -2.35. The molecule has 0 bridgehead atoms. The Balaban J connectivity index is 1.85. The highest BCUT2D eigenvalue weighted by Gasteiger charge is 2.46. The van der Waals surface area contributed by atoms with Crippen LogP contribution in [0.2, 0.25) is 0 Å². The Morgan fingerprint density at radius 2 is 2.10 bits per heavy atom. The van der Waals surface area contributed by atoms with E-state index in [1.165, 1.54) is 0 Å². The minimum atomic E-state index is -1.14. The van der Waals surface area contributed by atoms with Crippen molar-refractivity contribution in [3.8, 4) is 0 Å². The average Bonchev–Trinajstić information content (AvgIpc) is 2.89. The minimum Gasteiger partial charge on any atom is -0.394 e. The van der Waals surface area contributed by atoms with Crippen LogP contribution in [0.4, 0.5) is 0 Å². The van der Waals surface area contributed by atoms with E-state index in [4.69, 9.17) is 22.1 Å². The Morgan fingerprint density at radius 1 is 1.35 bits per heavy atom. The number of fused-ring (bicyclic) bond motifs is 1. The third-order valence-electron chi connectivity index (χ3n) is 3.67. The zero-order chi connectivity index (χ0) is 14.4. The maximum atomic E-state index is 10.0. The summed E-state index contributed by atoms with van der Waals surface area (Å²) in [5.41, 5.74) is 1.98. The summed E-state index contributed by atoms with van der Waals surface area (Å²) in [5, 5.41) is 35.7. The number of nitrogens with zero attached hydrogens (tertiary/aromatic N) is 1. The van der Waals surface area contributed by atoms with Gasteiger partial charge in [-0.2, -0.15) is 0 Å². The van der Waals surface area contributed by atoms with E-state index in [0.29, 0.717) is 5.11 Å². The van der Waals surface area contributed by atoms with Crippen molar-refractivity contribution in [2.24, 2.45) is 0 Å². The van der Waals surface area contributed by atoms with Gasteiger partial charge in [0.1, 0.15) is 24.5 Å². The molecule has 0 amide bonds. The molecule has 0 saturated carbocycles. The maximum absolute atomic E-state index is 10.0. The molecule has 3 heterocycles. The van der Waals surface area contributed by atoms with Crippen LogP contribution in [0.5, 0.6) is 0 Å². The van der Waals surface area contributed by atoms with Crippen LogP contribution < -0.4 is 10.6 Å². The van der Waals surface area contributed by atoms with E-state index in [1.54, 1.807) is 11.1 Å². The fourth-order valence-electron chi connectivity index (χ4n) is 2.63. The van der Waals surface area contributed by atoms with Gasteiger partial charge in [0.2, 0.25) is 0 Å². The van der Waals surface area contributed by atoms with Gasteiger partial charge in [0, 0.05) is 17.5 Å². The summed E-state index contributed by atoms with van der Waals surface area (Å²) in [4.78, 5) is 1.57. The first kappa shape index (κ1) is 13.8. The standard InChI is InChI=1S/C12H17N3O4S/c1-5-2-6-3-15(12(20)14-10(6)13-5)11-9(18)8(17)7(4-16)19-11/h2-3,7-11,13,16-18H,4H2,1H3,(H,14,20). The van der Waals surface area contributed by atoms with Crippen LogP contribution in [0.3, 0.4) is 0 Å². The number of aliphatic hydroxyl groups is 3. The molecule has 3 aliphatic rings. The summed E-state index contributed by atoms with van der Waals surface area (Å²) in [5.74, 6) is 0. The van der Waals surface area contributed by atoms with Crippen LogP contribution in [0, 0.1) is 0 Å². The Hall–Kier alpha value is -1.19. The molecule has 0 radical (unpaired) electrons. The number of hydrogen-bond acceptors (Lipinski definition) is 6. The second-order valence-electron chi connectivity index (χ2n) is 5.12. The molecule has 7 nitrogen and oxygen atoms in total.